The minimum absolute atomic E-state index is 0.0683. The third-order valence-electron chi connectivity index (χ3n) is 6.56. The Labute approximate surface area is 206 Å². The number of anilines is 1. The van der Waals surface area contributed by atoms with Gasteiger partial charge in [-0.2, -0.15) is 18.3 Å². The van der Waals surface area contributed by atoms with E-state index >= 15 is 0 Å². The number of nitrogens with one attached hydrogen (secondary N) is 2. The molecule has 6 nitrogen and oxygen atoms in total. The summed E-state index contributed by atoms with van der Waals surface area (Å²) in [6, 6.07) is 15.6. The number of carbonyl (C=O) groups is 1. The normalized spacial score (nSPS) is 20.1. The Balaban J connectivity index is 1.38. The van der Waals surface area contributed by atoms with E-state index in [0.29, 0.717) is 10.8 Å². The number of aryl methyl sites for hydroxylation is 1. The molecule has 1 aromatic heterocycles. The molecule has 1 saturated heterocycles. The maximum Gasteiger partial charge on any atom is 0.401 e. The van der Waals surface area contributed by atoms with Crippen LogP contribution in [0.4, 0.5) is 23.8 Å². The van der Waals surface area contributed by atoms with Gasteiger partial charge in [-0.1, -0.05) is 48.0 Å². The number of likely N-dealkylation sites (tertiary alicyclic amines) is 1. The molecule has 184 valence electrons. The van der Waals surface area contributed by atoms with Crippen molar-refractivity contribution in [3.8, 4) is 5.69 Å². The average Bonchev–Trinajstić information content (AvgIpc) is 3.50. The molecule has 0 radical (unpaired) electrons. The van der Waals surface area contributed by atoms with Gasteiger partial charge >= 0.3 is 12.2 Å². The summed E-state index contributed by atoms with van der Waals surface area (Å²) in [6.45, 7) is -0.827. The fourth-order valence-electron chi connectivity index (χ4n) is 5.09. The number of aromatic nitrogens is 2. The van der Waals surface area contributed by atoms with E-state index in [1.807, 2.05) is 30.3 Å². The topological polar surface area (TPSA) is 62.2 Å². The number of hydrogen-bond acceptors (Lipinski definition) is 3. The van der Waals surface area contributed by atoms with Gasteiger partial charge in [0.15, 0.2) is 0 Å². The van der Waals surface area contributed by atoms with E-state index in [1.54, 1.807) is 28.9 Å². The van der Waals surface area contributed by atoms with Crippen LogP contribution < -0.4 is 10.6 Å². The fourth-order valence-corrected chi connectivity index (χ4v) is 5.37. The summed E-state index contributed by atoms with van der Waals surface area (Å²) in [4.78, 5) is 14.5. The first-order valence-corrected chi connectivity index (χ1v) is 11.9. The maximum atomic E-state index is 13.2. The molecule has 2 heterocycles. The van der Waals surface area contributed by atoms with Crippen LogP contribution in [0.15, 0.2) is 54.6 Å². The number of fused-ring (bicyclic) bond motifs is 1. The average molecular weight is 504 g/mol. The van der Waals surface area contributed by atoms with Crippen LogP contribution in [0.3, 0.4) is 0 Å². The molecule has 2 aliphatic rings. The molecule has 0 bridgehead atoms. The minimum Gasteiger partial charge on any atom is -0.333 e. The van der Waals surface area contributed by atoms with E-state index in [2.05, 4.69) is 10.6 Å². The number of hydrogen-bond donors (Lipinski definition) is 2. The molecule has 0 spiro atoms. The SMILES string of the molecule is O=C(Nc1c2c(nn1-c1ccccc1)CCC2)NC1CN(CC(F)(F)F)C[C@H]1c1ccccc1Cl. The molecule has 2 aromatic carbocycles. The quantitative estimate of drug-likeness (QED) is 0.505. The second-order valence-corrected chi connectivity index (χ2v) is 9.42. The summed E-state index contributed by atoms with van der Waals surface area (Å²) in [6.07, 6.45) is -1.71. The van der Waals surface area contributed by atoms with E-state index in [-0.39, 0.29) is 19.0 Å². The zero-order valence-electron chi connectivity index (χ0n) is 18.9. The molecule has 1 aliphatic carbocycles. The van der Waals surface area contributed by atoms with Crippen molar-refractivity contribution in [3.05, 3.63) is 76.4 Å². The number of nitrogens with zero attached hydrogens (tertiary/aromatic N) is 3. The van der Waals surface area contributed by atoms with Gasteiger partial charge in [0.2, 0.25) is 0 Å². The predicted molar refractivity (Wildman–Crippen MR) is 128 cm³/mol. The lowest BCUT2D eigenvalue weighted by Crippen LogP contribution is -2.43. The van der Waals surface area contributed by atoms with Gasteiger partial charge in [-0.15, -0.1) is 0 Å². The van der Waals surface area contributed by atoms with Gasteiger partial charge in [0, 0.05) is 29.6 Å². The van der Waals surface area contributed by atoms with Crippen molar-refractivity contribution < 1.29 is 18.0 Å². The number of amides is 2. The maximum absolute atomic E-state index is 13.2. The fraction of sp³-hybridized carbons (Fsp3) is 0.360. The number of halogens is 4. The van der Waals surface area contributed by atoms with Crippen LogP contribution >= 0.6 is 11.6 Å². The summed E-state index contributed by atoms with van der Waals surface area (Å²) in [5, 5.41) is 11.0. The van der Waals surface area contributed by atoms with Crippen molar-refractivity contribution >= 4 is 23.4 Å². The monoisotopic (exact) mass is 503 g/mol. The Bertz CT molecular complexity index is 1210. The Morgan fingerprint density at radius 3 is 2.54 bits per heavy atom. The van der Waals surface area contributed by atoms with E-state index < -0.39 is 24.8 Å². The second-order valence-electron chi connectivity index (χ2n) is 9.02. The van der Waals surface area contributed by atoms with Crippen LogP contribution in [0, 0.1) is 0 Å². The lowest BCUT2D eigenvalue weighted by atomic mass is 9.94. The van der Waals surface area contributed by atoms with Crippen LogP contribution in [-0.4, -0.2) is 52.6 Å². The molecule has 3 aromatic rings. The van der Waals surface area contributed by atoms with E-state index in [9.17, 15) is 18.0 Å². The van der Waals surface area contributed by atoms with Gasteiger partial charge in [0.05, 0.1) is 24.0 Å². The smallest absolute Gasteiger partial charge is 0.333 e. The van der Waals surface area contributed by atoms with Crippen molar-refractivity contribution in [2.24, 2.45) is 0 Å². The summed E-state index contributed by atoms with van der Waals surface area (Å²) in [7, 11) is 0. The van der Waals surface area contributed by atoms with Crippen molar-refractivity contribution in [1.82, 2.24) is 20.0 Å². The molecule has 35 heavy (non-hydrogen) atoms. The predicted octanol–water partition coefficient (Wildman–Crippen LogP) is 5.17. The highest BCUT2D eigenvalue weighted by atomic mass is 35.5. The molecule has 1 fully saturated rings. The summed E-state index contributed by atoms with van der Waals surface area (Å²) in [5.41, 5.74) is 3.50. The summed E-state index contributed by atoms with van der Waals surface area (Å²) in [5.74, 6) is 0.224. The molecule has 0 saturated carbocycles. The van der Waals surface area contributed by atoms with Crippen molar-refractivity contribution in [2.75, 3.05) is 25.0 Å². The molecule has 1 aliphatic heterocycles. The van der Waals surface area contributed by atoms with Crippen molar-refractivity contribution in [1.29, 1.82) is 0 Å². The number of para-hydroxylation sites is 1. The number of alkyl halides is 3. The number of benzene rings is 2. The zero-order chi connectivity index (χ0) is 24.6. The third kappa shape index (κ3) is 5.16. The van der Waals surface area contributed by atoms with Gasteiger partial charge in [0.1, 0.15) is 5.82 Å². The largest absolute Gasteiger partial charge is 0.401 e. The molecule has 5 rings (SSSR count). The molecule has 1 unspecified atom stereocenters. The molecular formula is C25H25ClF3N5O. The highest BCUT2D eigenvalue weighted by molar-refractivity contribution is 6.31. The Morgan fingerprint density at radius 1 is 1.06 bits per heavy atom. The molecule has 10 heteroatoms. The highest BCUT2D eigenvalue weighted by Gasteiger charge is 2.41. The van der Waals surface area contributed by atoms with Gasteiger partial charge in [-0.05, 0) is 43.0 Å². The van der Waals surface area contributed by atoms with E-state index in [0.717, 1.165) is 41.8 Å². The molecule has 2 amide bonds. The van der Waals surface area contributed by atoms with Crippen LogP contribution in [0.5, 0.6) is 0 Å². The Morgan fingerprint density at radius 2 is 1.80 bits per heavy atom. The first-order valence-electron chi connectivity index (χ1n) is 11.6. The van der Waals surface area contributed by atoms with Crippen molar-refractivity contribution in [3.63, 3.8) is 0 Å². The third-order valence-corrected chi connectivity index (χ3v) is 6.90. The van der Waals surface area contributed by atoms with Crippen LogP contribution in [0.1, 0.15) is 29.2 Å². The Hall–Kier alpha value is -3.04. The number of rotatable bonds is 5. The van der Waals surface area contributed by atoms with E-state index in [1.165, 1.54) is 4.90 Å². The molecule has 2 atom stereocenters. The van der Waals surface area contributed by atoms with Gasteiger partial charge in [-0.25, -0.2) is 9.48 Å². The van der Waals surface area contributed by atoms with Gasteiger partial charge < -0.3 is 5.32 Å². The summed E-state index contributed by atoms with van der Waals surface area (Å²) < 4.78 is 41.1. The second kappa shape index (κ2) is 9.54. The molecular weight excluding hydrogens is 479 g/mol. The summed E-state index contributed by atoms with van der Waals surface area (Å²) >= 11 is 6.37. The first kappa shape index (κ1) is 23.7. The lowest BCUT2D eigenvalue weighted by Gasteiger charge is -2.22. The highest BCUT2D eigenvalue weighted by Crippen LogP contribution is 2.34. The lowest BCUT2D eigenvalue weighted by molar-refractivity contribution is -0.143. The molecule has 2 N–H and O–H groups in total. The van der Waals surface area contributed by atoms with Gasteiger partial charge in [-0.3, -0.25) is 10.2 Å². The first-order chi connectivity index (χ1) is 16.8. The van der Waals surface area contributed by atoms with Gasteiger partial charge in [0.25, 0.3) is 0 Å². The van der Waals surface area contributed by atoms with Crippen molar-refractivity contribution in [2.45, 2.75) is 37.4 Å². The van der Waals surface area contributed by atoms with Crippen LogP contribution in [0.25, 0.3) is 5.69 Å². The zero-order valence-corrected chi connectivity index (χ0v) is 19.6. The van der Waals surface area contributed by atoms with Crippen LogP contribution in [-0.2, 0) is 12.8 Å². The standard InChI is InChI=1S/C25H25ClF3N5O/c26-20-11-5-4-9-17(20)19-13-33(15-25(27,28)29)14-22(19)30-24(35)31-23-18-10-6-12-21(18)32-34(23)16-7-2-1-3-8-16/h1-5,7-9,11,19,22H,6,10,12-15H2,(H2,30,31,35)/t19-,22?/m0/s1. The van der Waals surface area contributed by atoms with E-state index in [4.69, 9.17) is 16.7 Å². The van der Waals surface area contributed by atoms with Crippen LogP contribution in [0.2, 0.25) is 5.02 Å². The Kier molecular flexibility index (Phi) is 6.46. The minimum atomic E-state index is -4.33. The number of urea groups is 1. The number of carbonyl (C=O) groups excluding carboxylic acids is 1.